The van der Waals surface area contributed by atoms with E-state index in [9.17, 15) is 13.5 Å². The van der Waals surface area contributed by atoms with Gasteiger partial charge in [0.2, 0.25) is 10.0 Å². The van der Waals surface area contributed by atoms with Gasteiger partial charge in [0, 0.05) is 11.3 Å². The molecule has 2 unspecified atom stereocenters. The Morgan fingerprint density at radius 3 is 2.55 bits per heavy atom. The van der Waals surface area contributed by atoms with Crippen molar-refractivity contribution in [2.75, 3.05) is 31.0 Å². The Balaban J connectivity index is 2.95. The molecule has 0 aliphatic heterocycles. The number of benzene rings is 1. The fraction of sp³-hybridized carbons (Fsp3) is 0.500. The van der Waals surface area contributed by atoms with E-state index in [1.165, 1.54) is 19.2 Å². The zero-order valence-electron chi connectivity index (χ0n) is 11.8. The van der Waals surface area contributed by atoms with Crippen LogP contribution in [0.25, 0.3) is 0 Å². The van der Waals surface area contributed by atoms with E-state index in [0.29, 0.717) is 11.4 Å². The van der Waals surface area contributed by atoms with Crippen molar-refractivity contribution < 1.29 is 13.5 Å². The summed E-state index contributed by atoms with van der Waals surface area (Å²) in [4.78, 5) is 0.124. The van der Waals surface area contributed by atoms with Gasteiger partial charge in [-0.2, -0.15) is 11.8 Å². The molecule has 0 aromatic heterocycles. The third-order valence-corrected chi connectivity index (χ3v) is 5.60. The monoisotopic (exact) mass is 319 g/mol. The van der Waals surface area contributed by atoms with Crippen molar-refractivity contribution >= 4 is 33.2 Å². The van der Waals surface area contributed by atoms with E-state index in [1.807, 2.05) is 13.2 Å². The first kappa shape index (κ1) is 17.1. The lowest BCUT2D eigenvalue weighted by molar-refractivity contribution is 0.288. The number of sulfonamides is 1. The van der Waals surface area contributed by atoms with Crippen LogP contribution in [0.4, 0.5) is 11.4 Å². The molecule has 0 amide bonds. The molecular formula is C12H21N3O3S2. The number of nitrogen functional groups attached to an aromatic ring is 1. The minimum Gasteiger partial charge on any atom is -0.397 e. The summed E-state index contributed by atoms with van der Waals surface area (Å²) < 4.78 is 25.6. The first-order chi connectivity index (χ1) is 9.35. The van der Waals surface area contributed by atoms with E-state index >= 15 is 0 Å². The first-order valence-corrected chi connectivity index (χ1v) is 8.86. The van der Waals surface area contributed by atoms with Crippen molar-refractivity contribution in [1.29, 1.82) is 0 Å². The third kappa shape index (κ3) is 4.02. The van der Waals surface area contributed by atoms with Gasteiger partial charge in [0.15, 0.2) is 0 Å². The highest BCUT2D eigenvalue weighted by molar-refractivity contribution is 7.99. The summed E-state index contributed by atoms with van der Waals surface area (Å²) in [7, 11) is -2.14. The summed E-state index contributed by atoms with van der Waals surface area (Å²) in [6.45, 7) is 2.00. The Labute approximate surface area is 124 Å². The summed E-state index contributed by atoms with van der Waals surface area (Å²) in [6.07, 6.45) is 1.92. The molecule has 0 spiro atoms. The highest BCUT2D eigenvalue weighted by atomic mass is 32.2. The van der Waals surface area contributed by atoms with E-state index < -0.39 is 10.0 Å². The molecule has 1 aromatic rings. The average molecular weight is 319 g/mol. The van der Waals surface area contributed by atoms with Gasteiger partial charge in [-0.05, 0) is 38.4 Å². The average Bonchev–Trinajstić information content (AvgIpc) is 2.42. The number of hydrogen-bond acceptors (Lipinski definition) is 6. The van der Waals surface area contributed by atoms with Crippen molar-refractivity contribution in [3.63, 3.8) is 0 Å². The van der Waals surface area contributed by atoms with E-state index in [2.05, 4.69) is 10.0 Å². The summed E-state index contributed by atoms with van der Waals surface area (Å²) in [5, 5.41) is 12.5. The smallest absolute Gasteiger partial charge is 0.240 e. The van der Waals surface area contributed by atoms with Crippen LogP contribution in [0.15, 0.2) is 23.1 Å². The standard InChI is InChI=1S/C12H21N3O3S2/c1-8(12(7-16)19-3)15-11-5-4-9(6-10(11)13)20(17,18)14-2/h4-6,8,12,14-16H,7,13H2,1-3H3. The number of hydrogen-bond donors (Lipinski definition) is 4. The molecule has 0 saturated carbocycles. The van der Waals surface area contributed by atoms with E-state index in [4.69, 9.17) is 5.73 Å². The molecule has 20 heavy (non-hydrogen) atoms. The van der Waals surface area contributed by atoms with Crippen LogP contribution in [0.1, 0.15) is 6.92 Å². The Bertz CT molecular complexity index is 545. The molecule has 0 fully saturated rings. The number of nitrogens with two attached hydrogens (primary N) is 1. The molecular weight excluding hydrogens is 298 g/mol. The van der Waals surface area contributed by atoms with Gasteiger partial charge in [0.25, 0.3) is 0 Å². The summed E-state index contributed by atoms with van der Waals surface area (Å²) in [5.74, 6) is 0. The molecule has 0 aliphatic carbocycles. The van der Waals surface area contributed by atoms with Gasteiger partial charge in [-0.1, -0.05) is 0 Å². The van der Waals surface area contributed by atoms with Crippen molar-refractivity contribution in [3.05, 3.63) is 18.2 Å². The van der Waals surface area contributed by atoms with Crippen LogP contribution in [0, 0.1) is 0 Å². The van der Waals surface area contributed by atoms with Crippen molar-refractivity contribution in [2.45, 2.75) is 23.1 Å². The van der Waals surface area contributed by atoms with Crippen molar-refractivity contribution in [3.8, 4) is 0 Å². The van der Waals surface area contributed by atoms with Crippen LogP contribution in [0.3, 0.4) is 0 Å². The van der Waals surface area contributed by atoms with E-state index in [0.717, 1.165) is 0 Å². The molecule has 0 aliphatic rings. The minimum absolute atomic E-state index is 0.00376. The Morgan fingerprint density at radius 1 is 1.45 bits per heavy atom. The second-order valence-corrected chi connectivity index (χ2v) is 7.31. The van der Waals surface area contributed by atoms with Crippen LogP contribution in [-0.2, 0) is 10.0 Å². The highest BCUT2D eigenvalue weighted by Crippen LogP contribution is 2.25. The number of aliphatic hydroxyl groups excluding tert-OH is 1. The Hall–Kier alpha value is -0.960. The van der Waals surface area contributed by atoms with E-state index in [-0.39, 0.29) is 22.8 Å². The molecule has 5 N–H and O–H groups in total. The Morgan fingerprint density at radius 2 is 2.10 bits per heavy atom. The molecule has 0 saturated heterocycles. The fourth-order valence-corrected chi connectivity index (χ4v) is 3.12. The van der Waals surface area contributed by atoms with Gasteiger partial charge < -0.3 is 16.2 Å². The molecule has 0 heterocycles. The lowest BCUT2D eigenvalue weighted by Crippen LogP contribution is -2.31. The largest absolute Gasteiger partial charge is 0.397 e. The highest BCUT2D eigenvalue weighted by Gasteiger charge is 2.17. The summed E-state index contributed by atoms with van der Waals surface area (Å²) in [5.41, 5.74) is 6.89. The van der Waals surface area contributed by atoms with Gasteiger partial charge >= 0.3 is 0 Å². The van der Waals surface area contributed by atoms with Gasteiger partial charge in [0.05, 0.1) is 22.9 Å². The number of anilines is 2. The SMILES string of the molecule is CNS(=O)(=O)c1ccc(NC(C)C(CO)SC)c(N)c1. The van der Waals surface area contributed by atoms with E-state index in [1.54, 1.807) is 17.8 Å². The first-order valence-electron chi connectivity index (χ1n) is 6.09. The third-order valence-electron chi connectivity index (χ3n) is 3.03. The Kier molecular flexibility index (Phi) is 6.12. The van der Waals surface area contributed by atoms with Crippen molar-refractivity contribution in [1.82, 2.24) is 4.72 Å². The molecule has 6 nitrogen and oxygen atoms in total. The van der Waals surface area contributed by atoms with Crippen LogP contribution < -0.4 is 15.8 Å². The van der Waals surface area contributed by atoms with Gasteiger partial charge in [-0.25, -0.2) is 13.1 Å². The molecule has 0 radical (unpaired) electrons. The molecule has 1 aromatic carbocycles. The normalized spacial score (nSPS) is 14.8. The zero-order valence-corrected chi connectivity index (χ0v) is 13.4. The predicted molar refractivity (Wildman–Crippen MR) is 84.6 cm³/mol. The molecule has 2 atom stereocenters. The molecule has 0 bridgehead atoms. The zero-order chi connectivity index (χ0) is 15.3. The van der Waals surface area contributed by atoms with Crippen LogP contribution in [-0.4, -0.2) is 44.7 Å². The van der Waals surface area contributed by atoms with Gasteiger partial charge in [-0.15, -0.1) is 0 Å². The van der Waals surface area contributed by atoms with Crippen molar-refractivity contribution in [2.24, 2.45) is 0 Å². The topological polar surface area (TPSA) is 104 Å². The second-order valence-electron chi connectivity index (χ2n) is 4.35. The lowest BCUT2D eigenvalue weighted by Gasteiger charge is -2.23. The second kappa shape index (κ2) is 7.16. The van der Waals surface area contributed by atoms with Crippen LogP contribution >= 0.6 is 11.8 Å². The summed E-state index contributed by atoms with van der Waals surface area (Å²) >= 11 is 1.55. The predicted octanol–water partition coefficient (Wildman–Crippen LogP) is 0.701. The number of aliphatic hydroxyl groups is 1. The maximum Gasteiger partial charge on any atom is 0.240 e. The van der Waals surface area contributed by atoms with Gasteiger partial charge in [0.1, 0.15) is 0 Å². The minimum atomic E-state index is -3.49. The van der Waals surface area contributed by atoms with Gasteiger partial charge in [-0.3, -0.25) is 0 Å². The number of nitrogens with one attached hydrogen (secondary N) is 2. The maximum absolute atomic E-state index is 11.7. The molecule has 1 rings (SSSR count). The summed E-state index contributed by atoms with van der Waals surface area (Å²) in [6, 6.07) is 4.53. The lowest BCUT2D eigenvalue weighted by atomic mass is 10.2. The van der Waals surface area contributed by atoms with Crippen LogP contribution in [0.5, 0.6) is 0 Å². The molecule has 114 valence electrons. The maximum atomic E-state index is 11.7. The fourth-order valence-electron chi connectivity index (χ4n) is 1.73. The molecule has 8 heteroatoms. The quantitative estimate of drug-likeness (QED) is 0.552. The number of rotatable bonds is 7. The van der Waals surface area contributed by atoms with Crippen LogP contribution in [0.2, 0.25) is 0 Å². The number of thioether (sulfide) groups is 1.